The molecule has 0 bridgehead atoms. The molecule has 0 aliphatic heterocycles. The van der Waals surface area contributed by atoms with Gasteiger partial charge in [-0.15, -0.1) is 0 Å². The third kappa shape index (κ3) is 3.89. The van der Waals surface area contributed by atoms with E-state index in [1.165, 1.54) is 0 Å². The molecule has 1 aromatic heterocycles. The monoisotopic (exact) mass is 197 g/mol. The predicted molar refractivity (Wildman–Crippen MR) is 56.0 cm³/mol. The Morgan fingerprint density at radius 2 is 2.43 bits per heavy atom. The first kappa shape index (κ1) is 11.2. The number of nitrogens with zero attached hydrogens (tertiary/aromatic N) is 2. The first-order chi connectivity index (χ1) is 6.84. The maximum absolute atomic E-state index is 5.23. The standard InChI is InChI=1S/C10H19N3O/c1-3-14-8-4-5-11-9-10-12-6-7-13(10)2/h6-7,11H,3-5,8-9H2,1-2H3. The van der Waals surface area contributed by atoms with E-state index in [1.807, 2.05) is 30.9 Å². The van der Waals surface area contributed by atoms with Gasteiger partial charge in [-0.05, 0) is 19.9 Å². The number of hydrogen-bond acceptors (Lipinski definition) is 3. The normalized spacial score (nSPS) is 10.7. The summed E-state index contributed by atoms with van der Waals surface area (Å²) in [7, 11) is 2.00. The van der Waals surface area contributed by atoms with Gasteiger partial charge in [0.2, 0.25) is 0 Å². The molecule has 0 fully saturated rings. The van der Waals surface area contributed by atoms with Gasteiger partial charge >= 0.3 is 0 Å². The summed E-state index contributed by atoms with van der Waals surface area (Å²) >= 11 is 0. The number of nitrogens with one attached hydrogen (secondary N) is 1. The molecule has 0 atom stereocenters. The maximum atomic E-state index is 5.23. The first-order valence-corrected chi connectivity index (χ1v) is 5.09. The van der Waals surface area contributed by atoms with Crippen molar-refractivity contribution in [3.63, 3.8) is 0 Å². The summed E-state index contributed by atoms with van der Waals surface area (Å²) in [5.74, 6) is 1.07. The Morgan fingerprint density at radius 3 is 3.07 bits per heavy atom. The lowest BCUT2D eigenvalue weighted by Gasteiger charge is -2.04. The third-order valence-electron chi connectivity index (χ3n) is 2.05. The molecule has 0 aromatic carbocycles. The molecule has 14 heavy (non-hydrogen) atoms. The van der Waals surface area contributed by atoms with Crippen molar-refractivity contribution in [2.75, 3.05) is 19.8 Å². The second kappa shape index (κ2) is 6.56. The molecule has 0 radical (unpaired) electrons. The van der Waals surface area contributed by atoms with Gasteiger partial charge in [0.05, 0.1) is 6.54 Å². The summed E-state index contributed by atoms with van der Waals surface area (Å²) < 4.78 is 7.26. The minimum atomic E-state index is 0.805. The summed E-state index contributed by atoms with van der Waals surface area (Å²) in [6.45, 7) is 5.47. The van der Waals surface area contributed by atoms with Crippen LogP contribution in [0.5, 0.6) is 0 Å². The first-order valence-electron chi connectivity index (χ1n) is 5.09. The van der Waals surface area contributed by atoms with Gasteiger partial charge < -0.3 is 14.6 Å². The van der Waals surface area contributed by atoms with Crippen LogP contribution in [-0.4, -0.2) is 29.3 Å². The Labute approximate surface area is 85.3 Å². The Balaban J connectivity index is 2.02. The molecule has 4 nitrogen and oxygen atoms in total. The van der Waals surface area contributed by atoms with Crippen molar-refractivity contribution in [3.05, 3.63) is 18.2 Å². The topological polar surface area (TPSA) is 39.1 Å². The van der Waals surface area contributed by atoms with Crippen LogP contribution in [0.1, 0.15) is 19.2 Å². The Bertz CT molecular complexity index is 247. The molecule has 1 aromatic rings. The molecule has 0 aliphatic rings. The molecule has 4 heteroatoms. The zero-order chi connectivity index (χ0) is 10.2. The summed E-state index contributed by atoms with van der Waals surface area (Å²) in [4.78, 5) is 4.22. The lowest BCUT2D eigenvalue weighted by molar-refractivity contribution is 0.144. The number of aromatic nitrogens is 2. The Hall–Kier alpha value is -0.870. The molecular formula is C10H19N3O. The summed E-state index contributed by atoms with van der Waals surface area (Å²) in [5, 5.41) is 3.32. The van der Waals surface area contributed by atoms with E-state index in [-0.39, 0.29) is 0 Å². The second-order valence-corrected chi connectivity index (χ2v) is 3.18. The molecule has 0 spiro atoms. The molecule has 0 aliphatic carbocycles. The molecule has 0 saturated carbocycles. The number of rotatable bonds is 7. The fraction of sp³-hybridized carbons (Fsp3) is 0.700. The summed E-state index contributed by atoms with van der Waals surface area (Å²) in [5.41, 5.74) is 0. The maximum Gasteiger partial charge on any atom is 0.122 e. The molecular weight excluding hydrogens is 178 g/mol. The van der Waals surface area contributed by atoms with Crippen molar-refractivity contribution >= 4 is 0 Å². The highest BCUT2D eigenvalue weighted by Crippen LogP contribution is 1.92. The van der Waals surface area contributed by atoms with E-state index < -0.39 is 0 Å². The van der Waals surface area contributed by atoms with Gasteiger partial charge in [-0.3, -0.25) is 0 Å². The van der Waals surface area contributed by atoms with E-state index in [0.29, 0.717) is 0 Å². The predicted octanol–water partition coefficient (Wildman–Crippen LogP) is 0.936. The molecule has 0 saturated heterocycles. The van der Waals surface area contributed by atoms with E-state index in [1.54, 1.807) is 0 Å². The molecule has 1 rings (SSSR count). The molecule has 0 unspecified atom stereocenters. The zero-order valence-corrected chi connectivity index (χ0v) is 8.99. The van der Waals surface area contributed by atoms with Crippen molar-refractivity contribution in [3.8, 4) is 0 Å². The van der Waals surface area contributed by atoms with Crippen LogP contribution < -0.4 is 5.32 Å². The van der Waals surface area contributed by atoms with Gasteiger partial charge in [-0.25, -0.2) is 4.98 Å². The Kier molecular flexibility index (Phi) is 5.25. The van der Waals surface area contributed by atoms with Gasteiger partial charge in [0.15, 0.2) is 0 Å². The highest BCUT2D eigenvalue weighted by Gasteiger charge is 1.96. The van der Waals surface area contributed by atoms with Crippen LogP contribution in [0.15, 0.2) is 12.4 Å². The summed E-state index contributed by atoms with van der Waals surface area (Å²) in [6, 6.07) is 0. The largest absolute Gasteiger partial charge is 0.382 e. The highest BCUT2D eigenvalue weighted by atomic mass is 16.5. The zero-order valence-electron chi connectivity index (χ0n) is 8.99. The minimum Gasteiger partial charge on any atom is -0.382 e. The van der Waals surface area contributed by atoms with Gasteiger partial charge in [0, 0.05) is 32.7 Å². The van der Waals surface area contributed by atoms with Crippen molar-refractivity contribution in [1.82, 2.24) is 14.9 Å². The lowest BCUT2D eigenvalue weighted by atomic mass is 10.4. The molecule has 80 valence electrons. The van der Waals surface area contributed by atoms with Crippen molar-refractivity contribution in [2.45, 2.75) is 19.9 Å². The van der Waals surface area contributed by atoms with Crippen molar-refractivity contribution < 1.29 is 4.74 Å². The second-order valence-electron chi connectivity index (χ2n) is 3.18. The lowest BCUT2D eigenvalue weighted by Crippen LogP contribution is -2.18. The smallest absolute Gasteiger partial charge is 0.122 e. The van der Waals surface area contributed by atoms with E-state index in [9.17, 15) is 0 Å². The van der Waals surface area contributed by atoms with Gasteiger partial charge in [-0.1, -0.05) is 0 Å². The molecule has 1 N–H and O–H groups in total. The summed E-state index contributed by atoms with van der Waals surface area (Å²) in [6.07, 6.45) is 4.83. The van der Waals surface area contributed by atoms with Crippen molar-refractivity contribution in [2.24, 2.45) is 7.05 Å². The van der Waals surface area contributed by atoms with Gasteiger partial charge in [0.25, 0.3) is 0 Å². The van der Waals surface area contributed by atoms with E-state index in [4.69, 9.17) is 4.74 Å². The number of aryl methyl sites for hydroxylation is 1. The van der Waals surface area contributed by atoms with Crippen LogP contribution in [0.4, 0.5) is 0 Å². The van der Waals surface area contributed by atoms with Gasteiger partial charge in [-0.2, -0.15) is 0 Å². The van der Waals surface area contributed by atoms with Gasteiger partial charge in [0.1, 0.15) is 5.82 Å². The SMILES string of the molecule is CCOCCCNCc1nccn1C. The Morgan fingerprint density at radius 1 is 1.57 bits per heavy atom. The number of hydrogen-bond donors (Lipinski definition) is 1. The van der Waals surface area contributed by atoms with E-state index in [0.717, 1.165) is 38.5 Å². The van der Waals surface area contributed by atoms with Crippen LogP contribution in [0.25, 0.3) is 0 Å². The van der Waals surface area contributed by atoms with Crippen LogP contribution in [0.2, 0.25) is 0 Å². The van der Waals surface area contributed by atoms with E-state index >= 15 is 0 Å². The fourth-order valence-electron chi connectivity index (χ4n) is 1.21. The minimum absolute atomic E-state index is 0.805. The molecule has 0 amide bonds. The third-order valence-corrected chi connectivity index (χ3v) is 2.05. The van der Waals surface area contributed by atoms with Crippen molar-refractivity contribution in [1.29, 1.82) is 0 Å². The highest BCUT2D eigenvalue weighted by molar-refractivity contribution is 4.90. The quantitative estimate of drug-likeness (QED) is 0.661. The average Bonchev–Trinajstić information content (AvgIpc) is 2.58. The van der Waals surface area contributed by atoms with Crippen LogP contribution in [0, 0.1) is 0 Å². The van der Waals surface area contributed by atoms with E-state index in [2.05, 4.69) is 10.3 Å². The number of imidazole rings is 1. The number of ether oxygens (including phenoxy) is 1. The molecule has 1 heterocycles. The van der Waals surface area contributed by atoms with Crippen LogP contribution in [0.3, 0.4) is 0 Å². The van der Waals surface area contributed by atoms with Crippen LogP contribution in [-0.2, 0) is 18.3 Å². The fourth-order valence-corrected chi connectivity index (χ4v) is 1.21. The average molecular weight is 197 g/mol. The van der Waals surface area contributed by atoms with Crippen LogP contribution >= 0.6 is 0 Å².